The Balaban J connectivity index is 1.98. The number of esters is 1. The topological polar surface area (TPSA) is 235 Å². The van der Waals surface area contributed by atoms with Crippen LogP contribution < -0.4 is 16.0 Å². The second-order valence-corrected chi connectivity index (χ2v) is 23.7. The van der Waals surface area contributed by atoms with Crippen LogP contribution in [0.5, 0.6) is 0 Å². The van der Waals surface area contributed by atoms with Crippen LogP contribution >= 0.6 is 0 Å². The molecule has 19 heteroatoms. The molecule has 4 N–H and O–H groups in total. The summed E-state index contributed by atoms with van der Waals surface area (Å²) in [6.45, 7) is 20.6. The predicted molar refractivity (Wildman–Crippen MR) is 301 cm³/mol. The van der Waals surface area contributed by atoms with Gasteiger partial charge in [-0.25, -0.2) is 4.79 Å². The molecule has 2 saturated heterocycles. The van der Waals surface area contributed by atoms with E-state index in [9.17, 15) is 38.7 Å². The molecule has 2 heterocycles. The number of ether oxygens (including phenoxy) is 1. The number of carbonyl (C=O) groups is 9. The zero-order valence-electron chi connectivity index (χ0n) is 49.8. The van der Waals surface area contributed by atoms with E-state index in [1.54, 1.807) is 72.7 Å². The minimum atomic E-state index is -1.97. The Hall–Kier alpha value is -6.37. The molecular formula is C60H92N8O11. The van der Waals surface area contributed by atoms with Gasteiger partial charge >= 0.3 is 5.97 Å². The molecule has 19 nitrogen and oxygen atoms in total. The largest absolute Gasteiger partial charge is 0.450 e. The van der Waals surface area contributed by atoms with Gasteiger partial charge in [-0.3, -0.25) is 38.4 Å². The number of fused-ring (bicyclic) bond motifs is 1. The summed E-state index contributed by atoms with van der Waals surface area (Å²) in [5.74, 6) is -8.65. The fourth-order valence-corrected chi connectivity index (χ4v) is 11.0. The maximum atomic E-state index is 15.3. The maximum Gasteiger partial charge on any atom is 0.332 e. The number of rotatable bonds is 13. The van der Waals surface area contributed by atoms with Gasteiger partial charge in [-0.05, 0) is 74.3 Å². The number of benzene rings is 2. The third-order valence-corrected chi connectivity index (χ3v) is 15.8. The molecule has 79 heavy (non-hydrogen) atoms. The Morgan fingerprint density at radius 1 is 0.582 bits per heavy atom. The Labute approximate surface area is 469 Å². The normalized spacial score (nSPS) is 26.5. The number of aliphatic hydroxyl groups is 1. The molecule has 2 aliphatic heterocycles. The molecule has 2 aromatic rings. The van der Waals surface area contributed by atoms with E-state index in [0.717, 1.165) is 10.5 Å². The Bertz CT molecular complexity index is 2430. The first kappa shape index (κ1) is 65.2. The maximum absolute atomic E-state index is 15.3. The Morgan fingerprint density at radius 2 is 1.06 bits per heavy atom. The smallest absolute Gasteiger partial charge is 0.332 e. The molecule has 0 unspecified atom stereocenters. The summed E-state index contributed by atoms with van der Waals surface area (Å²) < 4.78 is 6.09. The molecule has 4 rings (SSSR count). The zero-order chi connectivity index (χ0) is 59.4. The lowest BCUT2D eigenvalue weighted by Crippen LogP contribution is -2.63. The molecule has 0 aliphatic carbocycles. The summed E-state index contributed by atoms with van der Waals surface area (Å²) in [5.41, 5.74) is -0.551. The van der Waals surface area contributed by atoms with Crippen molar-refractivity contribution >= 4 is 53.2 Å². The molecule has 2 aromatic carbocycles. The monoisotopic (exact) mass is 1100 g/mol. The van der Waals surface area contributed by atoms with E-state index in [2.05, 4.69) is 16.0 Å². The Morgan fingerprint density at radius 3 is 1.54 bits per heavy atom. The van der Waals surface area contributed by atoms with Crippen molar-refractivity contribution in [3.63, 3.8) is 0 Å². The number of nitrogens with zero attached hydrogens (tertiary/aromatic N) is 5. The van der Waals surface area contributed by atoms with Crippen molar-refractivity contribution in [2.45, 2.75) is 188 Å². The zero-order valence-corrected chi connectivity index (χ0v) is 49.8. The molecule has 0 aromatic heterocycles. The van der Waals surface area contributed by atoms with E-state index < -0.39 is 137 Å². The summed E-state index contributed by atoms with van der Waals surface area (Å²) in [6, 6.07) is 8.11. The van der Waals surface area contributed by atoms with Gasteiger partial charge in [0.15, 0.2) is 12.1 Å². The highest BCUT2D eigenvalue weighted by atomic mass is 16.6. The van der Waals surface area contributed by atoms with Crippen LogP contribution in [-0.2, 0) is 60.7 Å². The van der Waals surface area contributed by atoms with Crippen molar-refractivity contribution < 1.29 is 53.0 Å². The molecule has 8 amide bonds. The van der Waals surface area contributed by atoms with Crippen molar-refractivity contribution in [2.75, 3.05) is 34.7 Å². The lowest BCUT2D eigenvalue weighted by Gasteiger charge is -2.39. The van der Waals surface area contributed by atoms with Crippen molar-refractivity contribution in [3.8, 4) is 0 Å². The van der Waals surface area contributed by atoms with Crippen LogP contribution in [0.3, 0.4) is 0 Å². The van der Waals surface area contributed by atoms with Gasteiger partial charge in [-0.1, -0.05) is 136 Å². The fraction of sp³-hybridized carbons (Fsp3) is 0.650. The number of likely N-dealkylation sites (N-methyl/N-ethyl adjacent to an activating group) is 4. The predicted octanol–water partition coefficient (Wildman–Crippen LogP) is 4.37. The van der Waals surface area contributed by atoms with Crippen LogP contribution in [-0.4, -0.2) is 178 Å². The number of carbonyl (C=O) groups excluding carboxylic acids is 9. The minimum Gasteiger partial charge on any atom is -0.450 e. The summed E-state index contributed by atoms with van der Waals surface area (Å²) >= 11 is 0. The molecule has 0 radical (unpaired) electrons. The van der Waals surface area contributed by atoms with Gasteiger partial charge in [-0.15, -0.1) is 0 Å². The molecule has 0 saturated carbocycles. The first-order valence-corrected chi connectivity index (χ1v) is 28.3. The lowest BCUT2D eigenvalue weighted by atomic mass is 9.93. The molecule has 438 valence electrons. The molecule has 0 bridgehead atoms. The summed E-state index contributed by atoms with van der Waals surface area (Å²) in [4.78, 5) is 140. The third kappa shape index (κ3) is 16.4. The van der Waals surface area contributed by atoms with Crippen LogP contribution in [0.2, 0.25) is 0 Å². The summed E-state index contributed by atoms with van der Waals surface area (Å²) in [7, 11) is 5.67. The van der Waals surface area contributed by atoms with Gasteiger partial charge in [0.2, 0.25) is 41.4 Å². The highest BCUT2D eigenvalue weighted by Crippen LogP contribution is 2.27. The average Bonchev–Trinajstić information content (AvgIpc) is 3.89. The molecule has 11 atom stereocenters. The number of nitrogens with one attached hydrogen (secondary N) is 3. The number of amides is 8. The average molecular weight is 1100 g/mol. The van der Waals surface area contributed by atoms with Gasteiger partial charge in [0.1, 0.15) is 42.3 Å². The van der Waals surface area contributed by atoms with Crippen molar-refractivity contribution in [2.24, 2.45) is 29.6 Å². The number of hydrogen-bond donors (Lipinski definition) is 4. The Kier molecular flexibility index (Phi) is 23.6. The van der Waals surface area contributed by atoms with Crippen LogP contribution in [0.1, 0.15) is 126 Å². The van der Waals surface area contributed by atoms with E-state index in [1.165, 1.54) is 61.6 Å². The van der Waals surface area contributed by atoms with Crippen molar-refractivity contribution in [1.82, 2.24) is 40.4 Å². The molecular weight excluding hydrogens is 1010 g/mol. The second kappa shape index (κ2) is 28.7. The molecule has 2 fully saturated rings. The first-order valence-electron chi connectivity index (χ1n) is 28.3. The van der Waals surface area contributed by atoms with Crippen LogP contribution in [0.4, 0.5) is 0 Å². The van der Waals surface area contributed by atoms with Crippen LogP contribution in [0.15, 0.2) is 60.7 Å². The van der Waals surface area contributed by atoms with Gasteiger partial charge < -0.3 is 50.3 Å². The fourth-order valence-electron chi connectivity index (χ4n) is 11.0. The molecule has 0 spiro atoms. The van der Waals surface area contributed by atoms with E-state index >= 15 is 9.59 Å². The molecule has 2 aliphatic rings. The van der Waals surface area contributed by atoms with Gasteiger partial charge in [0.25, 0.3) is 5.91 Å². The van der Waals surface area contributed by atoms with Gasteiger partial charge in [0.05, 0.1) is 5.60 Å². The second-order valence-electron chi connectivity index (χ2n) is 23.7. The standard InChI is InChI=1S/C60H92N8O11/c1-17-38(9)46-57(75)65(14)47(36(5)6)52(70)61-42(32-35(3)4)55(73)67(16)50(60(11,12)78)59(77)79-49(39(10)18-2)58(76)66(15)48(37(7)8)53(71)62-43(33-40-26-21-19-22-27-40)54(72)64(13)45(34-41-28-23-20-24-29-41)56(74)68-31-25-30-44(68)51(69)63-46/h19-24,26-29,35-39,42-50,78H,17-18,25,30-34H2,1-16H3,(H,61,70)(H,62,71)(H,63,69)/t38-,39+,42+,43+,44+,45+,46+,47+,48+,49-,50-/m1/s1. The number of hydrogen-bond acceptors (Lipinski definition) is 11. The van der Waals surface area contributed by atoms with E-state index in [-0.39, 0.29) is 38.1 Å². The van der Waals surface area contributed by atoms with Crippen molar-refractivity contribution in [1.29, 1.82) is 0 Å². The third-order valence-electron chi connectivity index (χ3n) is 15.8. The van der Waals surface area contributed by atoms with E-state index in [1.807, 2.05) is 57.2 Å². The van der Waals surface area contributed by atoms with E-state index in [0.29, 0.717) is 24.8 Å². The quantitative estimate of drug-likeness (QED) is 0.206. The lowest BCUT2D eigenvalue weighted by molar-refractivity contribution is -0.177. The highest BCUT2D eigenvalue weighted by molar-refractivity contribution is 5.99. The van der Waals surface area contributed by atoms with Crippen molar-refractivity contribution in [3.05, 3.63) is 71.8 Å². The van der Waals surface area contributed by atoms with Crippen LogP contribution in [0, 0.1) is 29.6 Å². The first-order chi connectivity index (χ1) is 37.0. The van der Waals surface area contributed by atoms with Crippen LogP contribution in [0.25, 0.3) is 0 Å². The number of cyclic esters (lactones) is 1. The SMILES string of the molecule is CC[C@@H](C)[C@@H]1NC(=O)[C@@H]2CCCN2C(=O)[C@H](Cc2ccccc2)N(C)C(=O)[C@H](Cc2ccccc2)NC(=O)[C@H](C(C)C)N(C)C(=O)[C@@H]([C@@H](C)CC)OC(=O)[C@H](C(C)(C)O)N(C)C(=O)[C@H](CC(C)C)NC(=O)[C@H](C(C)C)N(C)C1=O. The summed E-state index contributed by atoms with van der Waals surface area (Å²) in [5, 5.41) is 20.5. The van der Waals surface area contributed by atoms with Gasteiger partial charge in [0, 0.05) is 53.5 Å². The highest BCUT2D eigenvalue weighted by Gasteiger charge is 2.48. The van der Waals surface area contributed by atoms with E-state index in [4.69, 9.17) is 4.74 Å². The summed E-state index contributed by atoms with van der Waals surface area (Å²) in [6.07, 6.45) is 0.101. The minimum absolute atomic E-state index is 0.00676. The van der Waals surface area contributed by atoms with Gasteiger partial charge in [-0.2, -0.15) is 0 Å².